The van der Waals surface area contributed by atoms with Crippen molar-refractivity contribution in [3.63, 3.8) is 0 Å². The lowest BCUT2D eigenvalue weighted by molar-refractivity contribution is -0.123. The van der Waals surface area contributed by atoms with Crippen LogP contribution in [-0.2, 0) is 11.2 Å². The van der Waals surface area contributed by atoms with Crippen molar-refractivity contribution in [1.82, 2.24) is 10.9 Å². The maximum absolute atomic E-state index is 12.1. The van der Waals surface area contributed by atoms with Crippen LogP contribution >= 0.6 is 15.9 Å². The van der Waals surface area contributed by atoms with Gasteiger partial charge in [-0.25, -0.2) is 0 Å². The Hall–Kier alpha value is -2.54. The molecular formula is C20H23BrN2O4. The standard InChI is InChI=1S/C20H23BrN2O4/c1-3-11-26-18-10-7-15(12-17(18)21)20(25)23-22-19(24)13-27-16-8-5-14(4-2)6-9-16/h5-10,12H,3-4,11,13H2,1-2H3,(H,22,24)(H,23,25). The van der Waals surface area contributed by atoms with E-state index in [1.807, 2.05) is 31.2 Å². The number of rotatable bonds is 8. The number of hydrazine groups is 1. The third-order valence-corrected chi connectivity index (χ3v) is 4.29. The van der Waals surface area contributed by atoms with Gasteiger partial charge in [0.25, 0.3) is 11.8 Å². The average molecular weight is 435 g/mol. The predicted octanol–water partition coefficient (Wildman–Crippen LogP) is 3.64. The van der Waals surface area contributed by atoms with Gasteiger partial charge in [-0.05, 0) is 64.7 Å². The van der Waals surface area contributed by atoms with Crippen LogP contribution in [0.5, 0.6) is 11.5 Å². The van der Waals surface area contributed by atoms with E-state index in [2.05, 4.69) is 33.7 Å². The monoisotopic (exact) mass is 434 g/mol. The molecule has 0 saturated heterocycles. The fourth-order valence-corrected chi connectivity index (χ4v) is 2.67. The number of amides is 2. The summed E-state index contributed by atoms with van der Waals surface area (Å²) >= 11 is 3.37. The topological polar surface area (TPSA) is 76.7 Å². The van der Waals surface area contributed by atoms with E-state index in [-0.39, 0.29) is 6.61 Å². The third kappa shape index (κ3) is 6.60. The van der Waals surface area contributed by atoms with Crippen LogP contribution in [0.1, 0.15) is 36.2 Å². The van der Waals surface area contributed by atoms with Crippen LogP contribution in [0, 0.1) is 0 Å². The van der Waals surface area contributed by atoms with Gasteiger partial charge in [-0.2, -0.15) is 0 Å². The highest BCUT2D eigenvalue weighted by molar-refractivity contribution is 9.10. The number of benzene rings is 2. The van der Waals surface area contributed by atoms with E-state index in [0.717, 1.165) is 12.8 Å². The Morgan fingerprint density at radius 1 is 1.00 bits per heavy atom. The Kier molecular flexibility index (Phi) is 8.13. The smallest absolute Gasteiger partial charge is 0.276 e. The second-order valence-corrected chi connectivity index (χ2v) is 6.64. The molecule has 0 saturated carbocycles. The summed E-state index contributed by atoms with van der Waals surface area (Å²) in [5.41, 5.74) is 6.28. The molecule has 2 rings (SSSR count). The molecule has 0 unspecified atom stereocenters. The van der Waals surface area contributed by atoms with Crippen LogP contribution < -0.4 is 20.3 Å². The molecule has 2 amide bonds. The second-order valence-electron chi connectivity index (χ2n) is 5.78. The average Bonchev–Trinajstić information content (AvgIpc) is 2.69. The predicted molar refractivity (Wildman–Crippen MR) is 107 cm³/mol. The summed E-state index contributed by atoms with van der Waals surface area (Å²) in [6.45, 7) is 4.49. The minimum atomic E-state index is -0.454. The molecule has 6 nitrogen and oxygen atoms in total. The molecule has 7 heteroatoms. The lowest BCUT2D eigenvalue weighted by Crippen LogP contribution is -2.43. The number of hydrogen-bond acceptors (Lipinski definition) is 4. The highest BCUT2D eigenvalue weighted by Gasteiger charge is 2.11. The first-order valence-electron chi connectivity index (χ1n) is 8.76. The fourth-order valence-electron chi connectivity index (χ4n) is 2.18. The minimum absolute atomic E-state index is 0.195. The van der Waals surface area contributed by atoms with Gasteiger partial charge in [0, 0.05) is 5.56 Å². The summed E-state index contributed by atoms with van der Waals surface area (Å²) in [7, 11) is 0. The lowest BCUT2D eigenvalue weighted by atomic mass is 10.2. The molecule has 27 heavy (non-hydrogen) atoms. The van der Waals surface area contributed by atoms with E-state index >= 15 is 0 Å². The van der Waals surface area contributed by atoms with Crippen molar-refractivity contribution in [2.24, 2.45) is 0 Å². The molecule has 2 N–H and O–H groups in total. The molecule has 0 aliphatic heterocycles. The van der Waals surface area contributed by atoms with Gasteiger partial charge in [0.05, 0.1) is 11.1 Å². The number of halogens is 1. The molecule has 0 aliphatic carbocycles. The largest absolute Gasteiger partial charge is 0.492 e. The molecule has 0 atom stereocenters. The van der Waals surface area contributed by atoms with Crippen molar-refractivity contribution in [2.45, 2.75) is 26.7 Å². The molecule has 0 spiro atoms. The van der Waals surface area contributed by atoms with Gasteiger partial charge in [-0.3, -0.25) is 20.4 Å². The molecule has 0 heterocycles. The van der Waals surface area contributed by atoms with Crippen molar-refractivity contribution in [3.8, 4) is 11.5 Å². The Labute approximate surface area is 167 Å². The first-order chi connectivity index (χ1) is 13.0. The Bertz CT molecular complexity index is 778. The Balaban J connectivity index is 1.80. The van der Waals surface area contributed by atoms with Crippen molar-refractivity contribution < 1.29 is 19.1 Å². The Morgan fingerprint density at radius 2 is 1.74 bits per heavy atom. The van der Waals surface area contributed by atoms with E-state index in [1.165, 1.54) is 5.56 Å². The number of hydrogen-bond donors (Lipinski definition) is 2. The molecular weight excluding hydrogens is 412 g/mol. The van der Waals surface area contributed by atoms with E-state index in [4.69, 9.17) is 9.47 Å². The third-order valence-electron chi connectivity index (χ3n) is 3.67. The highest BCUT2D eigenvalue weighted by atomic mass is 79.9. The molecule has 0 radical (unpaired) electrons. The van der Waals surface area contributed by atoms with Crippen LogP contribution in [-0.4, -0.2) is 25.0 Å². The quantitative estimate of drug-likeness (QED) is 0.621. The summed E-state index contributed by atoms with van der Waals surface area (Å²) in [6, 6.07) is 12.5. The van der Waals surface area contributed by atoms with E-state index in [0.29, 0.717) is 28.1 Å². The first kappa shape index (κ1) is 20.8. The normalized spacial score (nSPS) is 10.2. The van der Waals surface area contributed by atoms with Crippen molar-refractivity contribution in [1.29, 1.82) is 0 Å². The molecule has 144 valence electrons. The van der Waals surface area contributed by atoms with E-state index in [9.17, 15) is 9.59 Å². The van der Waals surface area contributed by atoms with Gasteiger partial charge in [-0.15, -0.1) is 0 Å². The first-order valence-corrected chi connectivity index (χ1v) is 9.56. The van der Waals surface area contributed by atoms with Gasteiger partial charge in [0.1, 0.15) is 11.5 Å². The Morgan fingerprint density at radius 3 is 2.37 bits per heavy atom. The SMILES string of the molecule is CCCOc1ccc(C(=O)NNC(=O)COc2ccc(CC)cc2)cc1Br. The zero-order valence-electron chi connectivity index (χ0n) is 15.4. The van der Waals surface area contributed by atoms with Crippen molar-refractivity contribution in [3.05, 3.63) is 58.1 Å². The molecule has 0 aliphatic rings. The van der Waals surface area contributed by atoms with E-state index in [1.54, 1.807) is 18.2 Å². The number of ether oxygens (including phenoxy) is 2. The van der Waals surface area contributed by atoms with Gasteiger partial charge >= 0.3 is 0 Å². The summed E-state index contributed by atoms with van der Waals surface area (Å²) < 4.78 is 11.6. The minimum Gasteiger partial charge on any atom is -0.492 e. The second kappa shape index (κ2) is 10.6. The molecule has 0 aromatic heterocycles. The maximum Gasteiger partial charge on any atom is 0.276 e. The summed E-state index contributed by atoms with van der Waals surface area (Å²) in [5.74, 6) is 0.378. The van der Waals surface area contributed by atoms with Crippen LogP contribution in [0.25, 0.3) is 0 Å². The van der Waals surface area contributed by atoms with Gasteiger partial charge in [-0.1, -0.05) is 26.0 Å². The summed E-state index contributed by atoms with van der Waals surface area (Å²) in [4.78, 5) is 24.0. The molecule has 2 aromatic rings. The van der Waals surface area contributed by atoms with Gasteiger partial charge in [0.15, 0.2) is 6.61 Å². The van der Waals surface area contributed by atoms with Crippen LogP contribution in [0.15, 0.2) is 46.9 Å². The van der Waals surface area contributed by atoms with Crippen molar-refractivity contribution >= 4 is 27.7 Å². The van der Waals surface area contributed by atoms with E-state index < -0.39 is 11.8 Å². The van der Waals surface area contributed by atoms with Crippen molar-refractivity contribution in [2.75, 3.05) is 13.2 Å². The number of nitrogens with one attached hydrogen (secondary N) is 2. The van der Waals surface area contributed by atoms with Crippen LogP contribution in [0.2, 0.25) is 0 Å². The van der Waals surface area contributed by atoms with Crippen LogP contribution in [0.4, 0.5) is 0 Å². The van der Waals surface area contributed by atoms with Gasteiger partial charge in [0.2, 0.25) is 0 Å². The molecule has 0 fully saturated rings. The summed E-state index contributed by atoms with van der Waals surface area (Å²) in [6.07, 6.45) is 1.83. The van der Waals surface area contributed by atoms with Gasteiger partial charge < -0.3 is 9.47 Å². The molecule has 2 aromatic carbocycles. The highest BCUT2D eigenvalue weighted by Crippen LogP contribution is 2.26. The van der Waals surface area contributed by atoms with Crippen LogP contribution in [0.3, 0.4) is 0 Å². The fraction of sp³-hybridized carbons (Fsp3) is 0.300. The number of carbonyl (C=O) groups excluding carboxylic acids is 2. The summed E-state index contributed by atoms with van der Waals surface area (Å²) in [5, 5.41) is 0. The number of aryl methyl sites for hydroxylation is 1. The zero-order chi connectivity index (χ0) is 19.6. The number of carbonyl (C=O) groups is 2. The zero-order valence-corrected chi connectivity index (χ0v) is 17.0. The lowest BCUT2D eigenvalue weighted by Gasteiger charge is -2.11. The molecule has 0 bridgehead atoms. The maximum atomic E-state index is 12.1.